The van der Waals surface area contributed by atoms with Gasteiger partial charge in [0.05, 0.1) is 13.2 Å². The van der Waals surface area contributed by atoms with Crippen LogP contribution in [0.3, 0.4) is 0 Å². The predicted octanol–water partition coefficient (Wildman–Crippen LogP) is 1.95. The zero-order chi connectivity index (χ0) is 13.2. The fourth-order valence-corrected chi connectivity index (χ4v) is 2.75. The zero-order valence-electron chi connectivity index (χ0n) is 10.4. The number of rotatable bonds is 3. The van der Waals surface area contributed by atoms with E-state index in [1.54, 1.807) is 31.4 Å². The van der Waals surface area contributed by atoms with Gasteiger partial charge < -0.3 is 14.9 Å². The van der Waals surface area contributed by atoms with Gasteiger partial charge >= 0.3 is 5.97 Å². The number of aliphatic hydroxyl groups is 1. The number of hydrogen-bond donors (Lipinski definition) is 2. The molecule has 0 amide bonds. The Hall–Kier alpha value is -1.55. The molecule has 1 aliphatic carbocycles. The average molecular weight is 250 g/mol. The summed E-state index contributed by atoms with van der Waals surface area (Å²) in [5.41, 5.74) is -0.507. The van der Waals surface area contributed by atoms with Crippen molar-refractivity contribution in [2.75, 3.05) is 7.11 Å². The van der Waals surface area contributed by atoms with E-state index < -0.39 is 17.5 Å². The second-order valence-corrected chi connectivity index (χ2v) is 4.77. The van der Waals surface area contributed by atoms with Crippen LogP contribution in [-0.2, 0) is 10.2 Å². The smallest absolute Gasteiger partial charge is 0.316 e. The molecule has 0 aromatic heterocycles. The van der Waals surface area contributed by atoms with Crippen molar-refractivity contribution < 1.29 is 19.7 Å². The molecule has 0 aliphatic heterocycles. The molecule has 2 rings (SSSR count). The fourth-order valence-electron chi connectivity index (χ4n) is 2.75. The van der Waals surface area contributed by atoms with Crippen LogP contribution in [0, 0.1) is 0 Å². The van der Waals surface area contributed by atoms with E-state index in [0.29, 0.717) is 24.2 Å². The Morgan fingerprint density at radius 1 is 1.33 bits per heavy atom. The summed E-state index contributed by atoms with van der Waals surface area (Å²) in [7, 11) is 1.57. The molecule has 18 heavy (non-hydrogen) atoms. The first-order valence-corrected chi connectivity index (χ1v) is 6.17. The maximum absolute atomic E-state index is 11.7. The third kappa shape index (κ3) is 1.97. The Labute approximate surface area is 106 Å². The van der Waals surface area contributed by atoms with Crippen LogP contribution in [0.4, 0.5) is 0 Å². The van der Waals surface area contributed by atoms with Crippen molar-refractivity contribution in [2.24, 2.45) is 0 Å². The number of carbonyl (C=O) groups is 1. The zero-order valence-corrected chi connectivity index (χ0v) is 10.4. The van der Waals surface area contributed by atoms with Crippen molar-refractivity contribution in [3.05, 3.63) is 29.8 Å². The summed E-state index contributed by atoms with van der Waals surface area (Å²) in [4.78, 5) is 11.7. The molecule has 4 heteroatoms. The fraction of sp³-hybridized carbons (Fsp3) is 0.500. The van der Waals surface area contributed by atoms with Crippen LogP contribution < -0.4 is 4.74 Å². The summed E-state index contributed by atoms with van der Waals surface area (Å²) in [6.07, 6.45) is 1.91. The first-order chi connectivity index (χ1) is 8.61. The molecule has 2 atom stereocenters. The monoisotopic (exact) mass is 250 g/mol. The van der Waals surface area contributed by atoms with Crippen LogP contribution in [-0.4, -0.2) is 29.4 Å². The van der Waals surface area contributed by atoms with Crippen LogP contribution in [0.2, 0.25) is 0 Å². The number of hydrogen-bond acceptors (Lipinski definition) is 3. The van der Waals surface area contributed by atoms with E-state index in [1.165, 1.54) is 0 Å². The largest absolute Gasteiger partial charge is 0.497 e. The van der Waals surface area contributed by atoms with Gasteiger partial charge in [0.25, 0.3) is 0 Å². The van der Waals surface area contributed by atoms with Gasteiger partial charge in [0.1, 0.15) is 11.2 Å². The van der Waals surface area contributed by atoms with Crippen molar-refractivity contribution in [3.63, 3.8) is 0 Å². The van der Waals surface area contributed by atoms with Gasteiger partial charge in [-0.25, -0.2) is 0 Å². The minimum Gasteiger partial charge on any atom is -0.497 e. The third-order valence-electron chi connectivity index (χ3n) is 3.85. The SMILES string of the molecule is COc1ccc([C@]2(C(=O)O)CCCC[C@H]2O)cc1. The Morgan fingerprint density at radius 2 is 2.00 bits per heavy atom. The summed E-state index contributed by atoms with van der Waals surface area (Å²) >= 11 is 0. The molecule has 0 unspecified atom stereocenters. The highest BCUT2D eigenvalue weighted by Crippen LogP contribution is 2.40. The quantitative estimate of drug-likeness (QED) is 0.860. The number of ether oxygens (including phenoxy) is 1. The number of carboxylic acid groups (broad SMARTS) is 1. The summed E-state index contributed by atoms with van der Waals surface area (Å²) in [6.45, 7) is 0. The van der Waals surface area contributed by atoms with Crippen molar-refractivity contribution in [1.82, 2.24) is 0 Å². The van der Waals surface area contributed by atoms with Crippen LogP contribution in [0.15, 0.2) is 24.3 Å². The third-order valence-corrected chi connectivity index (χ3v) is 3.85. The van der Waals surface area contributed by atoms with Gasteiger partial charge in [-0.1, -0.05) is 25.0 Å². The molecule has 0 spiro atoms. The molecule has 2 N–H and O–H groups in total. The molecule has 98 valence electrons. The second kappa shape index (κ2) is 4.98. The van der Waals surface area contributed by atoms with E-state index in [4.69, 9.17) is 4.74 Å². The Kier molecular flexibility index (Phi) is 3.57. The highest BCUT2D eigenvalue weighted by Gasteiger charge is 2.48. The number of aliphatic carboxylic acids is 1. The van der Waals surface area contributed by atoms with E-state index >= 15 is 0 Å². The normalized spacial score (nSPS) is 27.8. The van der Waals surface area contributed by atoms with Gasteiger partial charge in [0.2, 0.25) is 0 Å². The summed E-state index contributed by atoms with van der Waals surface area (Å²) < 4.78 is 5.07. The Morgan fingerprint density at radius 3 is 2.50 bits per heavy atom. The molecule has 1 fully saturated rings. The first-order valence-electron chi connectivity index (χ1n) is 6.17. The lowest BCUT2D eigenvalue weighted by Crippen LogP contribution is -2.48. The number of aliphatic hydroxyl groups excluding tert-OH is 1. The van der Waals surface area contributed by atoms with Gasteiger partial charge in [0, 0.05) is 0 Å². The Bertz CT molecular complexity index is 426. The van der Waals surface area contributed by atoms with Crippen molar-refractivity contribution in [2.45, 2.75) is 37.2 Å². The molecule has 0 bridgehead atoms. The minimum atomic E-state index is -1.16. The van der Waals surface area contributed by atoms with Crippen LogP contribution in [0.25, 0.3) is 0 Å². The average Bonchev–Trinajstić information content (AvgIpc) is 2.39. The van der Waals surface area contributed by atoms with E-state index in [2.05, 4.69) is 0 Å². The van der Waals surface area contributed by atoms with Crippen LogP contribution in [0.1, 0.15) is 31.2 Å². The van der Waals surface area contributed by atoms with Gasteiger partial charge in [0.15, 0.2) is 0 Å². The first kappa shape index (κ1) is 12.9. The number of methoxy groups -OCH3 is 1. The molecule has 1 aromatic rings. The topological polar surface area (TPSA) is 66.8 Å². The molecule has 0 heterocycles. The molecule has 0 radical (unpaired) electrons. The lowest BCUT2D eigenvalue weighted by molar-refractivity contribution is -0.151. The van der Waals surface area contributed by atoms with Crippen molar-refractivity contribution in [1.29, 1.82) is 0 Å². The maximum Gasteiger partial charge on any atom is 0.316 e. The molecule has 1 aromatic carbocycles. The van der Waals surface area contributed by atoms with E-state index in [0.717, 1.165) is 12.8 Å². The molecular formula is C14H18O4. The summed E-state index contributed by atoms with van der Waals surface area (Å²) in [5.74, 6) is -0.260. The summed E-state index contributed by atoms with van der Waals surface area (Å²) in [5, 5.41) is 19.7. The van der Waals surface area contributed by atoms with Gasteiger partial charge in [-0.15, -0.1) is 0 Å². The molecule has 1 aliphatic rings. The predicted molar refractivity (Wildman–Crippen MR) is 66.8 cm³/mol. The standard InChI is InChI=1S/C14H18O4/c1-18-11-7-5-10(6-8-11)14(13(16)17)9-3-2-4-12(14)15/h5-8,12,15H,2-4,9H2,1H3,(H,16,17)/t12-,14-/m1/s1. The lowest BCUT2D eigenvalue weighted by Gasteiger charge is -2.38. The van der Waals surface area contributed by atoms with Crippen molar-refractivity contribution >= 4 is 5.97 Å². The lowest BCUT2D eigenvalue weighted by atomic mass is 9.67. The number of benzene rings is 1. The van der Waals surface area contributed by atoms with Crippen LogP contribution in [0.5, 0.6) is 5.75 Å². The highest BCUT2D eigenvalue weighted by molar-refractivity contribution is 5.82. The van der Waals surface area contributed by atoms with E-state index in [1.807, 2.05) is 0 Å². The second-order valence-electron chi connectivity index (χ2n) is 4.77. The van der Waals surface area contributed by atoms with Gasteiger partial charge in [-0.3, -0.25) is 4.79 Å². The van der Waals surface area contributed by atoms with Gasteiger partial charge in [-0.2, -0.15) is 0 Å². The van der Waals surface area contributed by atoms with E-state index in [-0.39, 0.29) is 0 Å². The Balaban J connectivity index is 2.42. The highest BCUT2D eigenvalue weighted by atomic mass is 16.5. The molecule has 4 nitrogen and oxygen atoms in total. The summed E-state index contributed by atoms with van der Waals surface area (Å²) in [6, 6.07) is 6.95. The maximum atomic E-state index is 11.7. The molecule has 0 saturated heterocycles. The van der Waals surface area contributed by atoms with E-state index in [9.17, 15) is 15.0 Å². The minimum absolute atomic E-state index is 0.482. The van der Waals surface area contributed by atoms with Crippen LogP contribution >= 0.6 is 0 Å². The van der Waals surface area contributed by atoms with Gasteiger partial charge in [-0.05, 0) is 30.5 Å². The molecule has 1 saturated carbocycles. The molecular weight excluding hydrogens is 232 g/mol. The van der Waals surface area contributed by atoms with Crippen molar-refractivity contribution in [3.8, 4) is 5.75 Å². The number of carboxylic acids is 1.